The summed E-state index contributed by atoms with van der Waals surface area (Å²) in [6, 6.07) is 8.72. The third kappa shape index (κ3) is 4.28. The second-order valence-electron chi connectivity index (χ2n) is 5.82. The van der Waals surface area contributed by atoms with Crippen LogP contribution >= 0.6 is 0 Å². The zero-order valence-corrected chi connectivity index (χ0v) is 14.8. The van der Waals surface area contributed by atoms with Gasteiger partial charge in [-0.3, -0.25) is 4.79 Å². The summed E-state index contributed by atoms with van der Waals surface area (Å²) in [5, 5.41) is 2.70. The number of carbonyl (C=O) groups is 2. The molecule has 0 saturated carbocycles. The van der Waals surface area contributed by atoms with Crippen LogP contribution < -0.4 is 19.5 Å². The van der Waals surface area contributed by atoms with Gasteiger partial charge in [-0.05, 0) is 36.8 Å². The molecule has 27 heavy (non-hydrogen) atoms. The van der Waals surface area contributed by atoms with Crippen molar-refractivity contribution < 1.29 is 32.9 Å². The van der Waals surface area contributed by atoms with E-state index in [0.717, 1.165) is 11.6 Å². The normalized spacial score (nSPS) is 13.0. The molecule has 0 unspecified atom stereocenters. The van der Waals surface area contributed by atoms with Crippen LogP contribution in [0.15, 0.2) is 36.4 Å². The lowest BCUT2D eigenvalue weighted by Crippen LogP contribution is -2.31. The van der Waals surface area contributed by atoms with Crippen LogP contribution in [0.5, 0.6) is 17.2 Å². The highest BCUT2D eigenvalue weighted by atomic mass is 19.1. The Hall–Kier alpha value is -3.29. The van der Waals surface area contributed by atoms with E-state index in [0.29, 0.717) is 11.5 Å². The summed E-state index contributed by atoms with van der Waals surface area (Å²) in [5.74, 6) is -0.695. The van der Waals surface area contributed by atoms with Gasteiger partial charge in [-0.15, -0.1) is 0 Å². The molecule has 0 bridgehead atoms. The standard InChI is InChI=1S/C19H18FNO6/c1-11(12-3-6-16-17(7-12)27-10-26-16)21-18(22)9-25-19(23)14-5-4-13(24-2)8-15(14)20/h3-8,11H,9-10H2,1-2H3,(H,21,22)/t11-/m1/s1. The van der Waals surface area contributed by atoms with E-state index in [-0.39, 0.29) is 24.1 Å². The lowest BCUT2D eigenvalue weighted by atomic mass is 10.1. The van der Waals surface area contributed by atoms with Crippen molar-refractivity contribution in [3.05, 3.63) is 53.3 Å². The maximum Gasteiger partial charge on any atom is 0.341 e. The molecule has 7 nitrogen and oxygen atoms in total. The number of ether oxygens (including phenoxy) is 4. The Morgan fingerprint density at radius 2 is 1.96 bits per heavy atom. The summed E-state index contributed by atoms with van der Waals surface area (Å²) in [5.41, 5.74) is 0.535. The predicted octanol–water partition coefficient (Wildman–Crippen LogP) is 2.60. The van der Waals surface area contributed by atoms with E-state index >= 15 is 0 Å². The molecule has 0 radical (unpaired) electrons. The van der Waals surface area contributed by atoms with Crippen molar-refractivity contribution in [2.45, 2.75) is 13.0 Å². The number of hydrogen-bond acceptors (Lipinski definition) is 6. The van der Waals surface area contributed by atoms with Crippen LogP contribution in [0.3, 0.4) is 0 Å². The fourth-order valence-electron chi connectivity index (χ4n) is 2.55. The first-order chi connectivity index (χ1) is 13.0. The fraction of sp³-hybridized carbons (Fsp3) is 0.263. The monoisotopic (exact) mass is 375 g/mol. The average Bonchev–Trinajstić information content (AvgIpc) is 3.13. The maximum absolute atomic E-state index is 13.8. The zero-order valence-electron chi connectivity index (χ0n) is 14.8. The Morgan fingerprint density at radius 3 is 2.70 bits per heavy atom. The number of halogens is 1. The summed E-state index contributed by atoms with van der Waals surface area (Å²) in [4.78, 5) is 24.0. The number of rotatable bonds is 6. The predicted molar refractivity (Wildman–Crippen MR) is 92.4 cm³/mol. The SMILES string of the molecule is COc1ccc(C(=O)OCC(=O)N[C@H](C)c2ccc3c(c2)OCO3)c(F)c1. The van der Waals surface area contributed by atoms with Crippen LogP contribution in [0.1, 0.15) is 28.9 Å². The molecular formula is C19H18FNO6. The van der Waals surface area contributed by atoms with Gasteiger partial charge in [0.1, 0.15) is 11.6 Å². The Labute approximate surface area is 155 Å². The van der Waals surface area contributed by atoms with Crippen molar-refractivity contribution in [3.8, 4) is 17.2 Å². The van der Waals surface area contributed by atoms with Gasteiger partial charge < -0.3 is 24.3 Å². The van der Waals surface area contributed by atoms with Gasteiger partial charge in [0, 0.05) is 6.07 Å². The molecule has 0 fully saturated rings. The lowest BCUT2D eigenvalue weighted by Gasteiger charge is -2.15. The third-order valence-corrected chi connectivity index (χ3v) is 4.00. The molecule has 2 aromatic rings. The molecule has 1 aliphatic heterocycles. The molecule has 2 aromatic carbocycles. The maximum atomic E-state index is 13.8. The highest BCUT2D eigenvalue weighted by Crippen LogP contribution is 2.34. The summed E-state index contributed by atoms with van der Waals surface area (Å²) < 4.78 is 34.1. The molecule has 0 aromatic heterocycles. The van der Waals surface area contributed by atoms with Crippen molar-refractivity contribution in [2.24, 2.45) is 0 Å². The van der Waals surface area contributed by atoms with Gasteiger partial charge in [-0.25, -0.2) is 9.18 Å². The lowest BCUT2D eigenvalue weighted by molar-refractivity contribution is -0.124. The van der Waals surface area contributed by atoms with Crippen LogP contribution in [-0.4, -0.2) is 32.4 Å². The Kier molecular flexibility index (Phi) is 5.44. The zero-order chi connectivity index (χ0) is 19.4. The molecule has 1 aliphatic rings. The van der Waals surface area contributed by atoms with E-state index in [2.05, 4.69) is 5.32 Å². The number of methoxy groups -OCH3 is 1. The molecule has 8 heteroatoms. The number of benzene rings is 2. The van der Waals surface area contributed by atoms with Crippen molar-refractivity contribution in [3.63, 3.8) is 0 Å². The average molecular weight is 375 g/mol. The summed E-state index contributed by atoms with van der Waals surface area (Å²) in [6.07, 6.45) is 0. The summed E-state index contributed by atoms with van der Waals surface area (Å²) >= 11 is 0. The molecule has 0 spiro atoms. The molecule has 142 valence electrons. The Morgan fingerprint density at radius 1 is 1.19 bits per heavy atom. The van der Waals surface area contributed by atoms with Crippen LogP contribution in [0, 0.1) is 5.82 Å². The molecule has 1 atom stereocenters. The molecule has 3 rings (SSSR count). The van der Waals surface area contributed by atoms with Gasteiger partial charge in [-0.2, -0.15) is 0 Å². The second-order valence-corrected chi connectivity index (χ2v) is 5.82. The van der Waals surface area contributed by atoms with Crippen LogP contribution in [0.25, 0.3) is 0 Å². The largest absolute Gasteiger partial charge is 0.497 e. The van der Waals surface area contributed by atoms with Crippen molar-refractivity contribution in [1.82, 2.24) is 5.32 Å². The third-order valence-electron chi connectivity index (χ3n) is 4.00. The van der Waals surface area contributed by atoms with Crippen LogP contribution in [0.4, 0.5) is 4.39 Å². The number of esters is 1. The van der Waals surface area contributed by atoms with Crippen molar-refractivity contribution in [2.75, 3.05) is 20.5 Å². The minimum Gasteiger partial charge on any atom is -0.497 e. The molecule has 1 N–H and O–H groups in total. The van der Waals surface area contributed by atoms with E-state index in [1.165, 1.54) is 19.2 Å². The molecule has 0 aliphatic carbocycles. The van der Waals surface area contributed by atoms with Gasteiger partial charge in [0.2, 0.25) is 6.79 Å². The molecule has 0 saturated heterocycles. The van der Waals surface area contributed by atoms with Gasteiger partial charge >= 0.3 is 5.97 Å². The van der Waals surface area contributed by atoms with E-state index < -0.39 is 24.3 Å². The fourth-order valence-corrected chi connectivity index (χ4v) is 2.55. The first-order valence-corrected chi connectivity index (χ1v) is 8.17. The quantitative estimate of drug-likeness (QED) is 0.782. The number of amides is 1. The van der Waals surface area contributed by atoms with Gasteiger partial charge in [0.15, 0.2) is 18.1 Å². The Bertz CT molecular complexity index is 869. The van der Waals surface area contributed by atoms with E-state index in [9.17, 15) is 14.0 Å². The van der Waals surface area contributed by atoms with Crippen molar-refractivity contribution >= 4 is 11.9 Å². The highest BCUT2D eigenvalue weighted by molar-refractivity contribution is 5.91. The first kappa shape index (κ1) is 18.5. The van der Waals surface area contributed by atoms with Crippen molar-refractivity contribution in [1.29, 1.82) is 0 Å². The number of hydrogen-bond donors (Lipinski definition) is 1. The highest BCUT2D eigenvalue weighted by Gasteiger charge is 2.19. The molecule has 1 heterocycles. The van der Waals surface area contributed by atoms with E-state index in [4.69, 9.17) is 18.9 Å². The summed E-state index contributed by atoms with van der Waals surface area (Å²) in [6.45, 7) is 1.41. The minimum absolute atomic E-state index is 0.164. The molecule has 1 amide bonds. The van der Waals surface area contributed by atoms with E-state index in [1.54, 1.807) is 25.1 Å². The summed E-state index contributed by atoms with van der Waals surface area (Å²) in [7, 11) is 1.39. The number of carbonyl (C=O) groups excluding carboxylic acids is 2. The number of fused-ring (bicyclic) bond motifs is 1. The Balaban J connectivity index is 1.54. The topological polar surface area (TPSA) is 83.1 Å². The first-order valence-electron chi connectivity index (χ1n) is 8.17. The van der Waals surface area contributed by atoms with Gasteiger partial charge in [0.05, 0.1) is 18.7 Å². The number of nitrogens with one attached hydrogen (secondary N) is 1. The molecular weight excluding hydrogens is 357 g/mol. The minimum atomic E-state index is -0.930. The smallest absolute Gasteiger partial charge is 0.341 e. The van der Waals surface area contributed by atoms with Gasteiger partial charge in [0.25, 0.3) is 5.91 Å². The van der Waals surface area contributed by atoms with Gasteiger partial charge in [-0.1, -0.05) is 6.07 Å². The van der Waals surface area contributed by atoms with Crippen LogP contribution in [0.2, 0.25) is 0 Å². The second kappa shape index (κ2) is 7.94. The van der Waals surface area contributed by atoms with E-state index in [1.807, 2.05) is 0 Å². The van der Waals surface area contributed by atoms with Crippen LogP contribution in [-0.2, 0) is 9.53 Å².